The molecule has 0 amide bonds. The van der Waals surface area contributed by atoms with Crippen molar-refractivity contribution in [3.8, 4) is 5.75 Å². The fourth-order valence-corrected chi connectivity index (χ4v) is 2.81. The van der Waals surface area contributed by atoms with Crippen LogP contribution in [0.1, 0.15) is 29.5 Å². The van der Waals surface area contributed by atoms with E-state index in [9.17, 15) is 0 Å². The van der Waals surface area contributed by atoms with E-state index in [4.69, 9.17) is 4.74 Å². The minimum absolute atomic E-state index is 0.655. The Labute approximate surface area is 116 Å². The number of rotatable bonds is 5. The van der Waals surface area contributed by atoms with Crippen molar-refractivity contribution < 1.29 is 4.74 Å². The average Bonchev–Trinajstić information content (AvgIpc) is 2.86. The summed E-state index contributed by atoms with van der Waals surface area (Å²) in [7, 11) is 3.95. The van der Waals surface area contributed by atoms with Crippen LogP contribution in [-0.4, -0.2) is 38.2 Å². The quantitative estimate of drug-likeness (QED) is 0.882. The van der Waals surface area contributed by atoms with Crippen LogP contribution in [0.3, 0.4) is 0 Å². The number of hydrogen-bond acceptors (Lipinski definition) is 3. The normalized spacial score (nSPS) is 19.1. The van der Waals surface area contributed by atoms with E-state index in [0.717, 1.165) is 18.8 Å². The van der Waals surface area contributed by atoms with E-state index in [0.29, 0.717) is 6.04 Å². The molecule has 1 aliphatic heterocycles. The van der Waals surface area contributed by atoms with Crippen LogP contribution < -0.4 is 10.1 Å². The maximum absolute atomic E-state index is 5.51. The minimum Gasteiger partial charge on any atom is -0.496 e. The topological polar surface area (TPSA) is 24.5 Å². The predicted octanol–water partition coefficient (Wildman–Crippen LogP) is 2.50. The lowest BCUT2D eigenvalue weighted by Crippen LogP contribution is -2.35. The lowest BCUT2D eigenvalue weighted by Gasteiger charge is -2.22. The first-order chi connectivity index (χ1) is 9.10. The Bertz CT molecular complexity index is 425. The molecular formula is C16H26N2O. The highest BCUT2D eigenvalue weighted by Crippen LogP contribution is 2.24. The second kappa shape index (κ2) is 6.40. The van der Waals surface area contributed by atoms with Crippen LogP contribution in [0.15, 0.2) is 12.1 Å². The van der Waals surface area contributed by atoms with E-state index >= 15 is 0 Å². The Morgan fingerprint density at radius 3 is 2.68 bits per heavy atom. The Balaban J connectivity index is 2.02. The Kier molecular flexibility index (Phi) is 4.83. The Morgan fingerprint density at radius 2 is 2.05 bits per heavy atom. The van der Waals surface area contributed by atoms with Gasteiger partial charge in [0.05, 0.1) is 7.11 Å². The van der Waals surface area contributed by atoms with Crippen LogP contribution in [0.4, 0.5) is 0 Å². The number of aryl methyl sites for hydroxylation is 2. The molecule has 1 aromatic carbocycles. The third-order valence-electron chi connectivity index (χ3n) is 4.03. The van der Waals surface area contributed by atoms with Crippen LogP contribution >= 0.6 is 0 Å². The average molecular weight is 262 g/mol. The first-order valence-corrected chi connectivity index (χ1v) is 7.16. The van der Waals surface area contributed by atoms with Gasteiger partial charge < -0.3 is 15.0 Å². The van der Waals surface area contributed by atoms with E-state index in [1.807, 2.05) is 0 Å². The van der Waals surface area contributed by atoms with E-state index in [2.05, 4.69) is 43.2 Å². The Morgan fingerprint density at radius 1 is 1.32 bits per heavy atom. The summed E-state index contributed by atoms with van der Waals surface area (Å²) in [5, 5.41) is 3.55. The summed E-state index contributed by atoms with van der Waals surface area (Å²) in [6.45, 7) is 7.52. The summed E-state index contributed by atoms with van der Waals surface area (Å²) in [6, 6.07) is 5.06. The van der Waals surface area contributed by atoms with Crippen LogP contribution in [0.25, 0.3) is 0 Å². The van der Waals surface area contributed by atoms with Gasteiger partial charge in [0, 0.05) is 24.7 Å². The van der Waals surface area contributed by atoms with Crippen molar-refractivity contribution >= 4 is 0 Å². The summed E-state index contributed by atoms with van der Waals surface area (Å²) < 4.78 is 5.51. The summed E-state index contributed by atoms with van der Waals surface area (Å²) in [5.74, 6) is 1.01. The van der Waals surface area contributed by atoms with Crippen LogP contribution in [0.2, 0.25) is 0 Å². The summed E-state index contributed by atoms with van der Waals surface area (Å²) in [6.07, 6.45) is 2.61. The molecule has 1 fully saturated rings. The van der Waals surface area contributed by atoms with Crippen molar-refractivity contribution in [1.29, 1.82) is 0 Å². The highest BCUT2D eigenvalue weighted by molar-refractivity contribution is 5.41. The van der Waals surface area contributed by atoms with Gasteiger partial charge in [-0.1, -0.05) is 6.07 Å². The first-order valence-electron chi connectivity index (χ1n) is 7.16. The summed E-state index contributed by atoms with van der Waals surface area (Å²) in [5.41, 5.74) is 3.91. The second-order valence-corrected chi connectivity index (χ2v) is 5.74. The summed E-state index contributed by atoms with van der Waals surface area (Å²) in [4.78, 5) is 2.38. The summed E-state index contributed by atoms with van der Waals surface area (Å²) >= 11 is 0. The largest absolute Gasteiger partial charge is 0.496 e. The second-order valence-electron chi connectivity index (χ2n) is 5.74. The number of likely N-dealkylation sites (N-methyl/N-ethyl adjacent to an activating group) is 1. The Hall–Kier alpha value is -1.06. The molecule has 0 spiro atoms. The maximum atomic E-state index is 5.51. The van der Waals surface area contributed by atoms with Crippen molar-refractivity contribution in [3.05, 3.63) is 28.8 Å². The van der Waals surface area contributed by atoms with Gasteiger partial charge in [0.15, 0.2) is 0 Å². The number of hydrogen-bond donors (Lipinski definition) is 1. The number of ether oxygens (including phenoxy) is 1. The third kappa shape index (κ3) is 3.71. The van der Waals surface area contributed by atoms with Gasteiger partial charge in [0.1, 0.15) is 5.75 Å². The van der Waals surface area contributed by atoms with E-state index in [1.54, 1.807) is 7.11 Å². The molecule has 106 valence electrons. The molecule has 2 rings (SSSR count). The van der Waals surface area contributed by atoms with Gasteiger partial charge in [-0.2, -0.15) is 0 Å². The molecule has 3 nitrogen and oxygen atoms in total. The molecule has 1 aliphatic rings. The SMILES string of the molecule is COc1cc(C)c(C)cc1CN(C)CC1CCCN1. The lowest BCUT2D eigenvalue weighted by molar-refractivity contribution is 0.287. The van der Waals surface area contributed by atoms with Gasteiger partial charge in [-0.15, -0.1) is 0 Å². The number of nitrogens with one attached hydrogen (secondary N) is 1. The predicted molar refractivity (Wildman–Crippen MR) is 79.8 cm³/mol. The van der Waals surface area contributed by atoms with Gasteiger partial charge in [-0.25, -0.2) is 0 Å². The molecule has 0 radical (unpaired) electrons. The lowest BCUT2D eigenvalue weighted by atomic mass is 10.0. The molecule has 1 unspecified atom stereocenters. The van der Waals surface area contributed by atoms with Gasteiger partial charge in [-0.05, 0) is 57.5 Å². The van der Waals surface area contributed by atoms with Crippen LogP contribution in [-0.2, 0) is 6.54 Å². The van der Waals surface area contributed by atoms with Crippen LogP contribution in [0, 0.1) is 13.8 Å². The van der Waals surface area contributed by atoms with Crippen LogP contribution in [0.5, 0.6) is 5.75 Å². The molecule has 0 bridgehead atoms. The first kappa shape index (κ1) is 14.4. The zero-order valence-corrected chi connectivity index (χ0v) is 12.6. The molecule has 0 aliphatic carbocycles. The fraction of sp³-hybridized carbons (Fsp3) is 0.625. The fourth-order valence-electron chi connectivity index (χ4n) is 2.81. The van der Waals surface area contributed by atoms with Gasteiger partial charge in [-0.3, -0.25) is 0 Å². The van der Waals surface area contributed by atoms with Crippen molar-refractivity contribution in [3.63, 3.8) is 0 Å². The molecule has 0 saturated carbocycles. The number of nitrogens with zero attached hydrogens (tertiary/aromatic N) is 1. The van der Waals surface area contributed by atoms with E-state index in [1.165, 1.54) is 36.1 Å². The monoisotopic (exact) mass is 262 g/mol. The maximum Gasteiger partial charge on any atom is 0.123 e. The molecule has 3 heteroatoms. The molecule has 1 saturated heterocycles. The van der Waals surface area contributed by atoms with Crippen molar-refractivity contribution in [2.75, 3.05) is 27.2 Å². The van der Waals surface area contributed by atoms with Crippen molar-refractivity contribution in [1.82, 2.24) is 10.2 Å². The zero-order chi connectivity index (χ0) is 13.8. The van der Waals surface area contributed by atoms with Gasteiger partial charge in [0.2, 0.25) is 0 Å². The molecule has 19 heavy (non-hydrogen) atoms. The molecule has 1 N–H and O–H groups in total. The number of methoxy groups -OCH3 is 1. The van der Waals surface area contributed by atoms with E-state index < -0.39 is 0 Å². The van der Waals surface area contributed by atoms with Crippen molar-refractivity contribution in [2.45, 2.75) is 39.3 Å². The molecule has 0 aromatic heterocycles. The zero-order valence-electron chi connectivity index (χ0n) is 12.6. The highest BCUT2D eigenvalue weighted by atomic mass is 16.5. The number of benzene rings is 1. The third-order valence-corrected chi connectivity index (χ3v) is 4.03. The molecule has 1 aromatic rings. The standard InChI is InChI=1S/C16H26N2O/c1-12-8-14(16(19-4)9-13(12)2)10-18(3)11-15-6-5-7-17-15/h8-9,15,17H,5-7,10-11H2,1-4H3. The van der Waals surface area contributed by atoms with Crippen molar-refractivity contribution in [2.24, 2.45) is 0 Å². The smallest absolute Gasteiger partial charge is 0.123 e. The highest BCUT2D eigenvalue weighted by Gasteiger charge is 2.17. The van der Waals surface area contributed by atoms with E-state index in [-0.39, 0.29) is 0 Å². The molecular weight excluding hydrogens is 236 g/mol. The van der Waals surface area contributed by atoms with Gasteiger partial charge >= 0.3 is 0 Å². The van der Waals surface area contributed by atoms with Gasteiger partial charge in [0.25, 0.3) is 0 Å². The molecule has 1 atom stereocenters. The molecule has 1 heterocycles. The minimum atomic E-state index is 0.655.